The lowest BCUT2D eigenvalue weighted by atomic mass is 9.91. The van der Waals surface area contributed by atoms with Crippen molar-refractivity contribution < 1.29 is 31.6 Å². The Hall–Kier alpha value is -1.46. The molecule has 2 aliphatic rings. The number of benzene rings is 1. The fourth-order valence-corrected chi connectivity index (χ4v) is 4.57. The number of amides is 1. The van der Waals surface area contributed by atoms with Gasteiger partial charge in [-0.25, -0.2) is 4.79 Å². The van der Waals surface area contributed by atoms with E-state index in [0.29, 0.717) is 6.04 Å². The molecule has 1 aliphatic carbocycles. The van der Waals surface area contributed by atoms with Crippen molar-refractivity contribution >= 4 is 11.8 Å². The number of ether oxygens (including phenoxy) is 2. The molecule has 0 bridgehead atoms. The summed E-state index contributed by atoms with van der Waals surface area (Å²) in [6, 6.07) is 8.08. The lowest BCUT2D eigenvalue weighted by molar-refractivity contribution is -0.918. The summed E-state index contributed by atoms with van der Waals surface area (Å²) in [6.45, 7) is 5.38. The van der Waals surface area contributed by atoms with Gasteiger partial charge in [-0.1, -0.05) is 32.3 Å². The van der Waals surface area contributed by atoms with Crippen molar-refractivity contribution in [2.75, 3.05) is 25.0 Å². The molecule has 2 N–H and O–H groups in total. The van der Waals surface area contributed by atoms with Crippen LogP contribution in [0.3, 0.4) is 0 Å². The zero-order valence-corrected chi connectivity index (χ0v) is 18.5. The lowest BCUT2D eigenvalue weighted by Gasteiger charge is -2.34. The van der Waals surface area contributed by atoms with Gasteiger partial charge in [0, 0.05) is 31.0 Å². The smallest absolute Gasteiger partial charge is 0.412 e. The van der Waals surface area contributed by atoms with Crippen LogP contribution in [0.5, 0.6) is 5.75 Å². The molecule has 0 spiro atoms. The first-order valence-corrected chi connectivity index (χ1v) is 11.3. The predicted molar refractivity (Wildman–Crippen MR) is 112 cm³/mol. The van der Waals surface area contributed by atoms with Crippen molar-refractivity contribution in [3.63, 3.8) is 0 Å². The minimum absolute atomic E-state index is 0. The highest BCUT2D eigenvalue weighted by molar-refractivity contribution is 5.85. The second kappa shape index (κ2) is 13.0. The molecule has 0 radical (unpaired) electrons. The summed E-state index contributed by atoms with van der Waals surface area (Å²) < 4.78 is 11.7. The number of carbonyl (C=O) groups is 1. The van der Waals surface area contributed by atoms with Crippen molar-refractivity contribution in [2.45, 2.75) is 83.3 Å². The van der Waals surface area contributed by atoms with E-state index in [0.717, 1.165) is 37.3 Å². The number of carbonyl (C=O) groups excluding carboxylic acids is 1. The van der Waals surface area contributed by atoms with Gasteiger partial charge in [-0.2, -0.15) is 0 Å². The van der Waals surface area contributed by atoms with E-state index in [9.17, 15) is 4.79 Å². The fourth-order valence-electron chi connectivity index (χ4n) is 4.57. The third kappa shape index (κ3) is 7.71. The van der Waals surface area contributed by atoms with Crippen LogP contribution in [0.2, 0.25) is 0 Å². The Morgan fingerprint density at radius 1 is 1.10 bits per heavy atom. The number of anilines is 1. The summed E-state index contributed by atoms with van der Waals surface area (Å²) in [7, 11) is 0. The van der Waals surface area contributed by atoms with Crippen LogP contribution in [0.1, 0.15) is 71.1 Å². The highest BCUT2D eigenvalue weighted by Crippen LogP contribution is 2.22. The summed E-state index contributed by atoms with van der Waals surface area (Å²) in [5.74, 6) is 0.798. The standard InChI is InChI=1S/C23H36N2O3.ClH/c1-2-3-4-9-17-27-20-12-10-11-19(18-20)24-23(26)28-22-14-6-5-13-21(22)25-15-7-8-16-25;/h10-12,18,21-22H,2-9,13-17H2,1H3,(H,24,26);1H/t21-,22-;/m0./s1. The molecule has 1 aromatic carbocycles. The fraction of sp³-hybridized carbons (Fsp3) is 0.696. The van der Waals surface area contributed by atoms with Gasteiger partial charge in [0.25, 0.3) is 0 Å². The van der Waals surface area contributed by atoms with Crippen molar-refractivity contribution in [3.05, 3.63) is 24.3 Å². The summed E-state index contributed by atoms with van der Waals surface area (Å²) >= 11 is 0. The molecular weight excluding hydrogens is 388 g/mol. The number of nitrogens with one attached hydrogen (secondary N) is 2. The van der Waals surface area contributed by atoms with Gasteiger partial charge in [0.15, 0.2) is 6.10 Å². The number of rotatable bonds is 9. The highest BCUT2D eigenvalue weighted by Gasteiger charge is 2.37. The zero-order valence-electron chi connectivity index (χ0n) is 17.8. The maximum absolute atomic E-state index is 12.5. The number of halogens is 1. The number of likely N-dealkylation sites (tertiary alicyclic amines) is 1. The number of quaternary nitrogens is 1. The molecule has 3 rings (SSSR count). The number of hydrogen-bond donors (Lipinski definition) is 2. The van der Waals surface area contributed by atoms with E-state index in [1.807, 2.05) is 24.3 Å². The van der Waals surface area contributed by atoms with Gasteiger partial charge in [0.1, 0.15) is 11.8 Å². The highest BCUT2D eigenvalue weighted by atomic mass is 35.5. The average molecular weight is 425 g/mol. The SMILES string of the molecule is CCCCCCOc1cccc(NC(=O)O[C@H]2CCCC[C@@H]2[NH+]2CCCC2)c1.[Cl-]. The lowest BCUT2D eigenvalue weighted by Crippen LogP contribution is -3.15. The number of unbranched alkanes of at least 4 members (excludes halogenated alkanes) is 3. The summed E-state index contributed by atoms with van der Waals surface area (Å²) in [6.07, 6.45) is 11.6. The minimum Gasteiger partial charge on any atom is -1.00 e. The molecule has 1 aromatic rings. The third-order valence-corrected chi connectivity index (χ3v) is 6.08. The van der Waals surface area contributed by atoms with E-state index < -0.39 is 0 Å². The molecule has 1 heterocycles. The first-order chi connectivity index (χ1) is 13.8. The molecule has 164 valence electrons. The van der Waals surface area contributed by atoms with Crippen LogP contribution in [0, 0.1) is 0 Å². The molecule has 1 saturated heterocycles. The molecule has 2 fully saturated rings. The summed E-state index contributed by atoms with van der Waals surface area (Å²) in [5, 5.41) is 2.90. The van der Waals surface area contributed by atoms with Crippen molar-refractivity contribution in [3.8, 4) is 5.75 Å². The van der Waals surface area contributed by atoms with E-state index in [1.54, 1.807) is 4.90 Å². The van der Waals surface area contributed by atoms with Crippen LogP contribution in [-0.2, 0) is 4.74 Å². The Morgan fingerprint density at radius 2 is 1.90 bits per heavy atom. The van der Waals surface area contributed by atoms with E-state index in [-0.39, 0.29) is 24.6 Å². The van der Waals surface area contributed by atoms with Gasteiger partial charge in [-0.3, -0.25) is 5.32 Å². The van der Waals surface area contributed by atoms with Gasteiger partial charge < -0.3 is 26.8 Å². The van der Waals surface area contributed by atoms with Crippen LogP contribution >= 0.6 is 0 Å². The third-order valence-electron chi connectivity index (χ3n) is 6.08. The zero-order chi connectivity index (χ0) is 19.6. The Balaban J connectivity index is 0.00000300. The van der Waals surface area contributed by atoms with E-state index in [4.69, 9.17) is 9.47 Å². The van der Waals surface area contributed by atoms with Crippen LogP contribution in [0.15, 0.2) is 24.3 Å². The molecule has 0 aromatic heterocycles. The van der Waals surface area contributed by atoms with Gasteiger partial charge >= 0.3 is 6.09 Å². The largest absolute Gasteiger partial charge is 1.00 e. The number of hydrogen-bond acceptors (Lipinski definition) is 3. The topological polar surface area (TPSA) is 52.0 Å². The molecule has 1 amide bonds. The Labute approximate surface area is 181 Å². The summed E-state index contributed by atoms with van der Waals surface area (Å²) in [5.41, 5.74) is 0.733. The van der Waals surface area contributed by atoms with Crippen LogP contribution in [-0.4, -0.2) is 37.9 Å². The maximum atomic E-state index is 12.5. The van der Waals surface area contributed by atoms with Crippen LogP contribution < -0.4 is 27.4 Å². The molecule has 5 nitrogen and oxygen atoms in total. The first-order valence-electron chi connectivity index (χ1n) is 11.3. The van der Waals surface area contributed by atoms with Gasteiger partial charge in [0.05, 0.1) is 19.7 Å². The van der Waals surface area contributed by atoms with Gasteiger partial charge in [-0.05, 0) is 37.8 Å². The molecule has 1 saturated carbocycles. The first kappa shape index (κ1) is 23.8. The van der Waals surface area contributed by atoms with E-state index in [1.165, 1.54) is 58.0 Å². The Morgan fingerprint density at radius 3 is 2.69 bits per heavy atom. The van der Waals surface area contributed by atoms with Gasteiger partial charge in [0.2, 0.25) is 0 Å². The molecular formula is C23H37ClN2O3. The van der Waals surface area contributed by atoms with Crippen molar-refractivity contribution in [2.24, 2.45) is 0 Å². The maximum Gasteiger partial charge on any atom is 0.412 e. The van der Waals surface area contributed by atoms with Crippen LogP contribution in [0.4, 0.5) is 10.5 Å². The van der Waals surface area contributed by atoms with Gasteiger partial charge in [-0.15, -0.1) is 0 Å². The quantitative estimate of drug-likeness (QED) is 0.585. The van der Waals surface area contributed by atoms with Crippen molar-refractivity contribution in [1.82, 2.24) is 0 Å². The van der Waals surface area contributed by atoms with E-state index >= 15 is 0 Å². The molecule has 6 heteroatoms. The average Bonchev–Trinajstić information content (AvgIpc) is 3.23. The molecule has 2 atom stereocenters. The normalized spacial score (nSPS) is 22.0. The second-order valence-electron chi connectivity index (χ2n) is 8.26. The summed E-state index contributed by atoms with van der Waals surface area (Å²) in [4.78, 5) is 14.1. The monoisotopic (exact) mass is 424 g/mol. The Kier molecular flexibility index (Phi) is 10.6. The van der Waals surface area contributed by atoms with E-state index in [2.05, 4.69) is 12.2 Å². The second-order valence-corrected chi connectivity index (χ2v) is 8.26. The predicted octanol–water partition coefficient (Wildman–Crippen LogP) is 1.19. The van der Waals surface area contributed by atoms with Crippen LogP contribution in [0.25, 0.3) is 0 Å². The molecule has 1 aliphatic heterocycles. The molecule has 29 heavy (non-hydrogen) atoms. The van der Waals surface area contributed by atoms with Crippen molar-refractivity contribution in [1.29, 1.82) is 0 Å². The Bertz CT molecular complexity index is 608. The molecule has 0 unspecified atom stereocenters. The minimum atomic E-state index is -0.337.